The molecule has 1 saturated carbocycles. The molecule has 0 atom stereocenters. The largest absolute Gasteiger partial charge is 0.446 e. The number of hydrogen-bond acceptors (Lipinski definition) is 4. The van der Waals surface area contributed by atoms with Crippen LogP contribution < -0.4 is 10.6 Å². The van der Waals surface area contributed by atoms with E-state index >= 15 is 0 Å². The molecule has 3 amide bonds. The molecular formula is C33H43N5O3. The van der Waals surface area contributed by atoms with E-state index in [0.717, 1.165) is 80.7 Å². The Morgan fingerprint density at radius 1 is 0.951 bits per heavy atom. The van der Waals surface area contributed by atoms with Gasteiger partial charge in [-0.15, -0.1) is 0 Å². The lowest BCUT2D eigenvalue weighted by atomic mass is 9.90. The number of nitrogens with zero attached hydrogens (tertiary/aromatic N) is 3. The van der Waals surface area contributed by atoms with E-state index in [0.29, 0.717) is 11.7 Å². The van der Waals surface area contributed by atoms with E-state index in [2.05, 4.69) is 37.5 Å². The highest BCUT2D eigenvalue weighted by atomic mass is 16.6. The smallest absolute Gasteiger partial charge is 0.410 e. The number of aryl methyl sites for hydroxylation is 1. The summed E-state index contributed by atoms with van der Waals surface area (Å²) >= 11 is 0. The first-order valence-corrected chi connectivity index (χ1v) is 14.9. The van der Waals surface area contributed by atoms with Crippen LogP contribution in [0, 0.1) is 12.8 Å². The monoisotopic (exact) mass is 557 g/mol. The predicted octanol–water partition coefficient (Wildman–Crippen LogP) is 7.46. The molecule has 3 aromatic rings. The lowest BCUT2D eigenvalue weighted by Crippen LogP contribution is -2.40. The van der Waals surface area contributed by atoms with Crippen LogP contribution in [-0.2, 0) is 16.6 Å². The normalized spacial score (nSPS) is 16.5. The number of ether oxygens (including phenoxy) is 1. The number of likely N-dealkylation sites (tertiary alicyclic amines) is 1. The van der Waals surface area contributed by atoms with E-state index in [-0.39, 0.29) is 23.6 Å². The zero-order valence-electron chi connectivity index (χ0n) is 24.8. The van der Waals surface area contributed by atoms with Crippen molar-refractivity contribution < 1.29 is 14.3 Å². The molecule has 2 aliphatic rings. The fourth-order valence-electron chi connectivity index (χ4n) is 5.65. The first-order chi connectivity index (χ1) is 19.6. The Balaban J connectivity index is 1.18. The van der Waals surface area contributed by atoms with Crippen molar-refractivity contribution in [2.75, 3.05) is 23.7 Å². The number of amides is 3. The Bertz CT molecular complexity index is 1340. The number of nitrogens with one attached hydrogen (secondary N) is 2. The lowest BCUT2D eigenvalue weighted by molar-refractivity contribution is 0.0553. The summed E-state index contributed by atoms with van der Waals surface area (Å²) in [6.07, 6.45) is 7.10. The number of aromatic nitrogens is 2. The van der Waals surface area contributed by atoms with Gasteiger partial charge < -0.3 is 15.0 Å². The Labute approximate surface area is 243 Å². The summed E-state index contributed by atoms with van der Waals surface area (Å²) in [6, 6.07) is 17.7. The Kier molecular flexibility index (Phi) is 8.66. The molecular weight excluding hydrogens is 514 g/mol. The number of urea groups is 1. The van der Waals surface area contributed by atoms with E-state index in [9.17, 15) is 9.59 Å². The maximum atomic E-state index is 13.1. The van der Waals surface area contributed by atoms with Crippen molar-refractivity contribution >= 4 is 23.6 Å². The quantitative estimate of drug-likeness (QED) is 0.329. The zero-order chi connectivity index (χ0) is 29.0. The average Bonchev–Trinajstić information content (AvgIpc) is 3.60. The fourth-order valence-corrected chi connectivity index (χ4v) is 5.65. The van der Waals surface area contributed by atoms with Crippen LogP contribution in [-0.4, -0.2) is 46.0 Å². The topological polar surface area (TPSA) is 88.5 Å². The number of carbonyl (C=O) groups is 2. The number of carbonyl (C=O) groups excluding carboxylic acids is 2. The number of piperidine rings is 1. The first kappa shape index (κ1) is 28.7. The fraction of sp³-hybridized carbons (Fsp3) is 0.485. The number of anilines is 2. The summed E-state index contributed by atoms with van der Waals surface area (Å²) < 4.78 is 7.47. The number of rotatable bonds is 6. The molecule has 2 fully saturated rings. The van der Waals surface area contributed by atoms with Crippen LogP contribution in [0.5, 0.6) is 0 Å². The summed E-state index contributed by atoms with van der Waals surface area (Å²) in [5.41, 5.74) is 4.71. The summed E-state index contributed by atoms with van der Waals surface area (Å²) in [5, 5.41) is 10.8. The first-order valence-electron chi connectivity index (χ1n) is 14.9. The minimum Gasteiger partial charge on any atom is -0.446 e. The molecule has 41 heavy (non-hydrogen) atoms. The van der Waals surface area contributed by atoms with Gasteiger partial charge in [0.1, 0.15) is 11.9 Å². The van der Waals surface area contributed by atoms with Crippen LogP contribution in [0.3, 0.4) is 0 Å². The van der Waals surface area contributed by atoms with E-state index in [1.807, 2.05) is 60.4 Å². The van der Waals surface area contributed by atoms with Gasteiger partial charge in [0.25, 0.3) is 0 Å². The van der Waals surface area contributed by atoms with Crippen molar-refractivity contribution in [2.24, 2.45) is 5.92 Å². The molecule has 0 spiro atoms. The van der Waals surface area contributed by atoms with Crippen LogP contribution in [0.4, 0.5) is 21.1 Å². The van der Waals surface area contributed by atoms with Gasteiger partial charge >= 0.3 is 12.1 Å². The predicted molar refractivity (Wildman–Crippen MR) is 163 cm³/mol. The molecule has 8 heteroatoms. The molecule has 2 aromatic carbocycles. The van der Waals surface area contributed by atoms with Crippen molar-refractivity contribution in [3.05, 3.63) is 71.4 Å². The van der Waals surface area contributed by atoms with Gasteiger partial charge in [-0.1, -0.05) is 50.6 Å². The van der Waals surface area contributed by atoms with Gasteiger partial charge in [0.15, 0.2) is 0 Å². The maximum absolute atomic E-state index is 13.1. The van der Waals surface area contributed by atoms with Crippen molar-refractivity contribution in [1.29, 1.82) is 0 Å². The van der Waals surface area contributed by atoms with Crippen LogP contribution >= 0.6 is 0 Å². The van der Waals surface area contributed by atoms with E-state index < -0.39 is 0 Å². The number of hydrogen-bond donors (Lipinski definition) is 2. The third-order valence-corrected chi connectivity index (χ3v) is 8.15. The zero-order valence-corrected chi connectivity index (χ0v) is 24.8. The second-order valence-corrected chi connectivity index (χ2v) is 12.6. The van der Waals surface area contributed by atoms with E-state index in [1.54, 1.807) is 4.68 Å². The van der Waals surface area contributed by atoms with Gasteiger partial charge in [0.05, 0.1) is 11.4 Å². The number of benzene rings is 2. The lowest BCUT2D eigenvalue weighted by Gasteiger charge is -2.32. The Hall–Kier alpha value is -3.81. The van der Waals surface area contributed by atoms with Crippen molar-refractivity contribution in [2.45, 2.75) is 84.2 Å². The van der Waals surface area contributed by atoms with Gasteiger partial charge in [-0.3, -0.25) is 5.32 Å². The summed E-state index contributed by atoms with van der Waals surface area (Å²) in [7, 11) is 0. The molecule has 0 radical (unpaired) electrons. The second kappa shape index (κ2) is 12.4. The summed E-state index contributed by atoms with van der Waals surface area (Å²) in [5.74, 6) is 1.11. The summed E-state index contributed by atoms with van der Waals surface area (Å²) in [6.45, 7) is 9.84. The summed E-state index contributed by atoms with van der Waals surface area (Å²) in [4.78, 5) is 27.5. The van der Waals surface area contributed by atoms with Crippen LogP contribution in [0.15, 0.2) is 54.6 Å². The third kappa shape index (κ3) is 7.48. The highest BCUT2D eigenvalue weighted by molar-refractivity contribution is 5.99. The molecule has 218 valence electrons. The minimum atomic E-state index is -0.315. The van der Waals surface area contributed by atoms with Crippen molar-refractivity contribution in [3.63, 3.8) is 0 Å². The van der Waals surface area contributed by atoms with Gasteiger partial charge in [-0.2, -0.15) is 5.10 Å². The van der Waals surface area contributed by atoms with Crippen LogP contribution in [0.2, 0.25) is 0 Å². The van der Waals surface area contributed by atoms with Gasteiger partial charge in [0.2, 0.25) is 0 Å². The van der Waals surface area contributed by atoms with Crippen LogP contribution in [0.25, 0.3) is 5.69 Å². The maximum Gasteiger partial charge on any atom is 0.410 e. The highest BCUT2D eigenvalue weighted by Gasteiger charge is 2.27. The molecule has 2 N–H and O–H groups in total. The standard InChI is InChI=1S/C33H43N5O3/c1-23-12-14-27(15-13-23)38-30(22-29(36-38)33(2,3)4)35-31(39)34-26-9-7-8-25(21-26)20-24-16-18-37(19-17-24)32(40)41-28-10-5-6-11-28/h7-9,12-15,21-22,24,28H,5-6,10-11,16-20H2,1-4H3,(H2,34,35,39). The second-order valence-electron chi connectivity index (χ2n) is 12.6. The molecule has 1 aliphatic heterocycles. The molecule has 1 saturated heterocycles. The molecule has 2 heterocycles. The van der Waals surface area contributed by atoms with E-state index in [1.165, 1.54) is 5.56 Å². The Morgan fingerprint density at radius 3 is 2.34 bits per heavy atom. The Morgan fingerprint density at radius 2 is 1.66 bits per heavy atom. The molecule has 1 aromatic heterocycles. The molecule has 0 unspecified atom stereocenters. The van der Waals surface area contributed by atoms with Crippen LogP contribution in [0.1, 0.15) is 76.1 Å². The van der Waals surface area contributed by atoms with Gasteiger partial charge in [-0.25, -0.2) is 14.3 Å². The average molecular weight is 558 g/mol. The minimum absolute atomic E-state index is 0.108. The third-order valence-electron chi connectivity index (χ3n) is 8.15. The molecule has 1 aliphatic carbocycles. The molecule has 5 rings (SSSR count). The van der Waals surface area contributed by atoms with Crippen molar-refractivity contribution in [1.82, 2.24) is 14.7 Å². The van der Waals surface area contributed by atoms with Crippen molar-refractivity contribution in [3.8, 4) is 5.69 Å². The SMILES string of the molecule is Cc1ccc(-n2nc(C(C)(C)C)cc2NC(=O)Nc2cccc(CC3CCN(C(=O)OC4CCCC4)CC3)c2)cc1. The highest BCUT2D eigenvalue weighted by Crippen LogP contribution is 2.28. The van der Waals surface area contributed by atoms with Gasteiger partial charge in [-0.05, 0) is 87.6 Å². The van der Waals surface area contributed by atoms with E-state index in [4.69, 9.17) is 9.84 Å². The molecule has 8 nitrogen and oxygen atoms in total. The molecule has 0 bridgehead atoms. The van der Waals surface area contributed by atoms with Gasteiger partial charge in [0, 0.05) is 30.3 Å².